The molecule has 0 atom stereocenters. The van der Waals surface area contributed by atoms with E-state index in [1.807, 2.05) is 0 Å². The molecule has 0 aliphatic heterocycles. The molecule has 0 aliphatic rings. The number of pyridine rings is 1. The van der Waals surface area contributed by atoms with E-state index in [1.54, 1.807) is 19.0 Å². The van der Waals surface area contributed by atoms with Gasteiger partial charge in [-0.1, -0.05) is 6.92 Å². The number of aromatic nitrogens is 2. The van der Waals surface area contributed by atoms with Gasteiger partial charge >= 0.3 is 6.18 Å². The van der Waals surface area contributed by atoms with E-state index < -0.39 is 21.6 Å². The molecule has 154 valence electrons. The summed E-state index contributed by atoms with van der Waals surface area (Å²) < 4.78 is 69.3. The molecule has 0 amide bonds. The standard InChI is InChI=1S/C18H17F3N4O3S/c1-4-29(26,27)14-7-8-15(22-10-25(2)3)24-16(14)17-23-12-9-11(18(19,20)21)5-6-13(12)28-17/h5-10H,4H2,1-3H3/b22-10-. The summed E-state index contributed by atoms with van der Waals surface area (Å²) >= 11 is 0. The van der Waals surface area contributed by atoms with Crippen molar-refractivity contribution in [1.29, 1.82) is 0 Å². The fourth-order valence-corrected chi connectivity index (χ4v) is 3.46. The molecule has 0 spiro atoms. The van der Waals surface area contributed by atoms with Crippen LogP contribution in [0.4, 0.5) is 19.0 Å². The van der Waals surface area contributed by atoms with E-state index in [9.17, 15) is 21.6 Å². The minimum absolute atomic E-state index is 0.0568. The van der Waals surface area contributed by atoms with Crippen molar-refractivity contribution in [2.45, 2.75) is 18.0 Å². The van der Waals surface area contributed by atoms with Gasteiger partial charge in [0.1, 0.15) is 11.2 Å². The number of rotatable bonds is 5. The zero-order chi connectivity index (χ0) is 21.4. The highest BCUT2D eigenvalue weighted by Crippen LogP contribution is 2.34. The Morgan fingerprint density at radius 2 is 1.90 bits per heavy atom. The predicted octanol–water partition coefficient (Wildman–Crippen LogP) is 3.92. The highest BCUT2D eigenvalue weighted by atomic mass is 32.2. The first-order chi connectivity index (χ1) is 13.5. The molecule has 11 heteroatoms. The van der Waals surface area contributed by atoms with Gasteiger partial charge < -0.3 is 9.32 Å². The van der Waals surface area contributed by atoms with Crippen molar-refractivity contribution < 1.29 is 26.0 Å². The predicted molar refractivity (Wildman–Crippen MR) is 102 cm³/mol. The molecule has 0 saturated carbocycles. The van der Waals surface area contributed by atoms with Crippen LogP contribution in [0.3, 0.4) is 0 Å². The number of alkyl halides is 3. The number of aliphatic imine (C=N–C) groups is 1. The van der Waals surface area contributed by atoms with E-state index in [1.165, 1.54) is 25.4 Å². The van der Waals surface area contributed by atoms with Gasteiger partial charge in [-0.15, -0.1) is 0 Å². The maximum atomic E-state index is 12.9. The normalized spacial score (nSPS) is 12.8. The van der Waals surface area contributed by atoms with Crippen LogP contribution in [-0.4, -0.2) is 49.5 Å². The van der Waals surface area contributed by atoms with Gasteiger partial charge in [-0.2, -0.15) is 13.2 Å². The molecule has 2 heterocycles. The van der Waals surface area contributed by atoms with Gasteiger partial charge in [0.25, 0.3) is 0 Å². The van der Waals surface area contributed by atoms with Gasteiger partial charge in [-0.25, -0.2) is 23.4 Å². The van der Waals surface area contributed by atoms with Crippen LogP contribution in [0.15, 0.2) is 44.6 Å². The molecule has 0 saturated heterocycles. The van der Waals surface area contributed by atoms with E-state index >= 15 is 0 Å². The van der Waals surface area contributed by atoms with Crippen molar-refractivity contribution in [3.05, 3.63) is 35.9 Å². The SMILES string of the molecule is CCS(=O)(=O)c1ccc(/N=C\N(C)C)nc1-c1nc2cc(C(F)(F)F)ccc2o1. The lowest BCUT2D eigenvalue weighted by Crippen LogP contribution is -2.08. The Balaban J connectivity index is 2.20. The number of hydrogen-bond acceptors (Lipinski definition) is 6. The third-order valence-electron chi connectivity index (χ3n) is 3.90. The molecular weight excluding hydrogens is 409 g/mol. The molecule has 0 fully saturated rings. The summed E-state index contributed by atoms with van der Waals surface area (Å²) in [7, 11) is -0.200. The van der Waals surface area contributed by atoms with E-state index in [4.69, 9.17) is 4.42 Å². The summed E-state index contributed by atoms with van der Waals surface area (Å²) in [6.45, 7) is 1.47. The first-order valence-electron chi connectivity index (χ1n) is 8.44. The first kappa shape index (κ1) is 20.8. The second kappa shape index (κ2) is 7.47. The van der Waals surface area contributed by atoms with Crippen molar-refractivity contribution in [2.75, 3.05) is 19.8 Å². The Labute approximate surface area is 164 Å². The van der Waals surface area contributed by atoms with E-state index in [2.05, 4.69) is 15.0 Å². The molecule has 2 aromatic heterocycles. The molecule has 0 bridgehead atoms. The lowest BCUT2D eigenvalue weighted by Gasteiger charge is -2.07. The number of benzene rings is 1. The molecule has 0 radical (unpaired) electrons. The summed E-state index contributed by atoms with van der Waals surface area (Å²) in [5.74, 6) is -0.198. The smallest absolute Gasteiger partial charge is 0.416 e. The van der Waals surface area contributed by atoms with E-state index in [-0.39, 0.29) is 39.2 Å². The zero-order valence-electron chi connectivity index (χ0n) is 15.7. The van der Waals surface area contributed by atoms with Crippen LogP contribution in [0.2, 0.25) is 0 Å². The van der Waals surface area contributed by atoms with Gasteiger partial charge in [-0.05, 0) is 30.3 Å². The van der Waals surface area contributed by atoms with Crippen LogP contribution in [0.5, 0.6) is 0 Å². The molecule has 3 aromatic rings. The van der Waals surface area contributed by atoms with Crippen LogP contribution in [0, 0.1) is 0 Å². The maximum absolute atomic E-state index is 12.9. The number of hydrogen-bond donors (Lipinski definition) is 0. The largest absolute Gasteiger partial charge is 0.435 e. The summed E-state index contributed by atoms with van der Waals surface area (Å²) in [5.41, 5.74) is -0.968. The van der Waals surface area contributed by atoms with Crippen LogP contribution >= 0.6 is 0 Å². The van der Waals surface area contributed by atoms with Crippen LogP contribution < -0.4 is 0 Å². The summed E-state index contributed by atoms with van der Waals surface area (Å²) in [6.07, 6.45) is -3.06. The second-order valence-electron chi connectivity index (χ2n) is 6.33. The lowest BCUT2D eigenvalue weighted by molar-refractivity contribution is -0.137. The lowest BCUT2D eigenvalue weighted by atomic mass is 10.2. The number of halogens is 3. The number of nitrogens with zero attached hydrogens (tertiary/aromatic N) is 4. The average Bonchev–Trinajstić information content (AvgIpc) is 3.08. The minimum Gasteiger partial charge on any atom is -0.435 e. The second-order valence-corrected chi connectivity index (χ2v) is 8.57. The number of oxazole rings is 1. The molecule has 3 rings (SSSR count). The minimum atomic E-state index is -4.54. The van der Waals surface area contributed by atoms with Crippen molar-refractivity contribution in [3.63, 3.8) is 0 Å². The van der Waals surface area contributed by atoms with Gasteiger partial charge in [-0.3, -0.25) is 0 Å². The van der Waals surface area contributed by atoms with Crippen molar-refractivity contribution in [2.24, 2.45) is 4.99 Å². The van der Waals surface area contributed by atoms with Crippen LogP contribution in [0.1, 0.15) is 12.5 Å². The van der Waals surface area contributed by atoms with Gasteiger partial charge in [0.05, 0.1) is 22.6 Å². The summed E-state index contributed by atoms with van der Waals surface area (Å²) in [4.78, 5) is 13.9. The summed E-state index contributed by atoms with van der Waals surface area (Å²) in [6, 6.07) is 5.60. The highest BCUT2D eigenvalue weighted by molar-refractivity contribution is 7.91. The Morgan fingerprint density at radius 3 is 2.52 bits per heavy atom. The van der Waals surface area contributed by atoms with E-state index in [0.717, 1.165) is 18.2 Å². The molecule has 7 nitrogen and oxygen atoms in total. The Bertz CT molecular complexity index is 1180. The molecule has 29 heavy (non-hydrogen) atoms. The maximum Gasteiger partial charge on any atom is 0.416 e. The van der Waals surface area contributed by atoms with Crippen molar-refractivity contribution >= 4 is 33.1 Å². The van der Waals surface area contributed by atoms with Crippen molar-refractivity contribution in [1.82, 2.24) is 14.9 Å². The van der Waals surface area contributed by atoms with Gasteiger partial charge in [0, 0.05) is 14.1 Å². The Hall–Kier alpha value is -2.95. The molecular formula is C18H17F3N4O3S. The van der Waals surface area contributed by atoms with Gasteiger partial charge in [0.15, 0.2) is 21.2 Å². The van der Waals surface area contributed by atoms with Crippen LogP contribution in [-0.2, 0) is 16.0 Å². The fourth-order valence-electron chi connectivity index (χ4n) is 2.45. The summed E-state index contributed by atoms with van der Waals surface area (Å²) in [5, 5.41) is 0. The molecule has 0 N–H and O–H groups in total. The topological polar surface area (TPSA) is 88.7 Å². The number of fused-ring (bicyclic) bond motifs is 1. The first-order valence-corrected chi connectivity index (χ1v) is 10.1. The molecule has 0 aliphatic carbocycles. The van der Waals surface area contributed by atoms with Crippen molar-refractivity contribution in [3.8, 4) is 11.6 Å². The fraction of sp³-hybridized carbons (Fsp3) is 0.278. The van der Waals surface area contributed by atoms with E-state index in [0.29, 0.717) is 0 Å². The molecule has 1 aromatic carbocycles. The zero-order valence-corrected chi connectivity index (χ0v) is 16.5. The van der Waals surface area contributed by atoms with Crippen LogP contribution in [0.25, 0.3) is 22.7 Å². The van der Waals surface area contributed by atoms with Gasteiger partial charge in [0.2, 0.25) is 5.89 Å². The average molecular weight is 426 g/mol. The monoisotopic (exact) mass is 426 g/mol. The Kier molecular flexibility index (Phi) is 5.35. The quantitative estimate of drug-likeness (QED) is 0.454. The third-order valence-corrected chi connectivity index (χ3v) is 5.66. The highest BCUT2D eigenvalue weighted by Gasteiger charge is 2.31. The molecule has 0 unspecified atom stereocenters. The third kappa shape index (κ3) is 4.39. The number of sulfone groups is 1. The Morgan fingerprint density at radius 1 is 1.17 bits per heavy atom.